The van der Waals surface area contributed by atoms with Gasteiger partial charge in [-0.1, -0.05) is 30.3 Å². The number of aryl methyl sites for hydroxylation is 1. The normalized spacial score (nSPS) is 13.1. The standard InChI is InChI=1S/C25H16F3NO5/c1-14-5-2-3-8-20(14)29-22(31)18-10-9-16(12-19(18)23(29)32)24(33)34-13-21(30)15-6-4-7-17(11-15)25(26,27)28/h2-12H,13H2,1H3. The number of halogens is 3. The highest BCUT2D eigenvalue weighted by molar-refractivity contribution is 6.35. The number of hydrogen-bond acceptors (Lipinski definition) is 5. The molecule has 1 heterocycles. The fraction of sp³-hybridized carbons (Fsp3) is 0.120. The molecule has 0 aliphatic carbocycles. The summed E-state index contributed by atoms with van der Waals surface area (Å²) in [6.45, 7) is 0.961. The zero-order valence-electron chi connectivity index (χ0n) is 17.7. The van der Waals surface area contributed by atoms with E-state index in [-0.39, 0.29) is 22.3 Å². The summed E-state index contributed by atoms with van der Waals surface area (Å²) in [5.74, 6) is -2.92. The number of anilines is 1. The van der Waals surface area contributed by atoms with E-state index in [0.717, 1.165) is 17.0 Å². The van der Waals surface area contributed by atoms with Gasteiger partial charge in [-0.3, -0.25) is 14.4 Å². The number of nitrogens with zero attached hydrogens (tertiary/aromatic N) is 1. The van der Waals surface area contributed by atoms with E-state index in [1.54, 1.807) is 31.2 Å². The number of imide groups is 1. The van der Waals surface area contributed by atoms with E-state index < -0.39 is 41.9 Å². The van der Waals surface area contributed by atoms with Crippen LogP contribution in [-0.4, -0.2) is 30.2 Å². The smallest absolute Gasteiger partial charge is 0.416 e. The molecule has 6 nitrogen and oxygen atoms in total. The van der Waals surface area contributed by atoms with Crippen LogP contribution in [0.2, 0.25) is 0 Å². The molecule has 9 heteroatoms. The minimum Gasteiger partial charge on any atom is -0.454 e. The monoisotopic (exact) mass is 467 g/mol. The van der Waals surface area contributed by atoms with Crippen LogP contribution in [0.1, 0.15) is 52.6 Å². The zero-order valence-corrected chi connectivity index (χ0v) is 17.7. The van der Waals surface area contributed by atoms with Gasteiger partial charge in [0.2, 0.25) is 0 Å². The van der Waals surface area contributed by atoms with Gasteiger partial charge in [0.1, 0.15) is 0 Å². The van der Waals surface area contributed by atoms with Crippen LogP contribution >= 0.6 is 0 Å². The van der Waals surface area contributed by atoms with Gasteiger partial charge in [0.05, 0.1) is 27.9 Å². The highest BCUT2D eigenvalue weighted by Crippen LogP contribution is 2.31. The molecule has 0 fully saturated rings. The van der Waals surface area contributed by atoms with Crippen molar-refractivity contribution in [3.63, 3.8) is 0 Å². The van der Waals surface area contributed by atoms with Crippen LogP contribution in [0, 0.1) is 6.92 Å². The molecular formula is C25H16F3NO5. The number of ether oxygens (including phenoxy) is 1. The topological polar surface area (TPSA) is 80.8 Å². The van der Waals surface area contributed by atoms with Gasteiger partial charge >= 0.3 is 12.1 Å². The Bertz CT molecular complexity index is 1350. The minimum atomic E-state index is -4.62. The van der Waals surface area contributed by atoms with Crippen molar-refractivity contribution in [1.82, 2.24) is 0 Å². The molecule has 0 radical (unpaired) electrons. The maximum atomic E-state index is 12.9. The van der Waals surface area contributed by atoms with Gasteiger partial charge in [-0.2, -0.15) is 13.2 Å². The molecule has 0 saturated heterocycles. The van der Waals surface area contributed by atoms with Gasteiger partial charge in [0, 0.05) is 5.56 Å². The van der Waals surface area contributed by atoms with E-state index in [2.05, 4.69) is 0 Å². The number of Topliss-reactive ketones (excluding diaryl/α,β-unsaturated/α-hetero) is 1. The summed E-state index contributed by atoms with van der Waals surface area (Å²) in [7, 11) is 0. The number of ketones is 1. The van der Waals surface area contributed by atoms with Gasteiger partial charge in [-0.15, -0.1) is 0 Å². The van der Waals surface area contributed by atoms with Gasteiger partial charge in [0.15, 0.2) is 12.4 Å². The van der Waals surface area contributed by atoms with E-state index >= 15 is 0 Å². The molecule has 1 aliphatic rings. The van der Waals surface area contributed by atoms with Gasteiger partial charge in [0.25, 0.3) is 11.8 Å². The molecule has 0 bridgehead atoms. The molecule has 3 aromatic carbocycles. The Kier molecular flexibility index (Phi) is 5.78. The van der Waals surface area contributed by atoms with E-state index in [1.165, 1.54) is 24.3 Å². The number of fused-ring (bicyclic) bond motifs is 1. The Morgan fingerprint density at radius 2 is 1.56 bits per heavy atom. The molecule has 2 amide bonds. The highest BCUT2D eigenvalue weighted by atomic mass is 19.4. The minimum absolute atomic E-state index is 0.00640. The van der Waals surface area contributed by atoms with Crippen molar-refractivity contribution in [2.24, 2.45) is 0 Å². The second-order valence-corrected chi connectivity index (χ2v) is 7.57. The fourth-order valence-corrected chi connectivity index (χ4v) is 3.57. The molecular weight excluding hydrogens is 451 g/mol. The fourth-order valence-electron chi connectivity index (χ4n) is 3.57. The van der Waals surface area contributed by atoms with E-state index in [4.69, 9.17) is 4.74 Å². The van der Waals surface area contributed by atoms with Crippen molar-refractivity contribution < 1.29 is 37.1 Å². The Balaban J connectivity index is 1.50. The third-order valence-corrected chi connectivity index (χ3v) is 5.32. The predicted molar refractivity (Wildman–Crippen MR) is 115 cm³/mol. The lowest BCUT2D eigenvalue weighted by Gasteiger charge is -2.16. The van der Waals surface area contributed by atoms with Crippen molar-refractivity contribution in [2.75, 3.05) is 11.5 Å². The summed E-state index contributed by atoms with van der Waals surface area (Å²) >= 11 is 0. The van der Waals surface area contributed by atoms with Gasteiger partial charge < -0.3 is 4.74 Å². The van der Waals surface area contributed by atoms with Crippen molar-refractivity contribution in [3.05, 3.63) is 100 Å². The summed E-state index contributed by atoms with van der Waals surface area (Å²) < 4.78 is 43.5. The number of para-hydroxylation sites is 1. The van der Waals surface area contributed by atoms with Crippen LogP contribution in [0.15, 0.2) is 66.7 Å². The predicted octanol–water partition coefficient (Wildman–Crippen LogP) is 4.85. The Morgan fingerprint density at radius 1 is 0.853 bits per heavy atom. The first kappa shape index (κ1) is 22.9. The number of carbonyl (C=O) groups is 4. The molecule has 0 saturated carbocycles. The molecule has 172 valence electrons. The number of carbonyl (C=O) groups excluding carboxylic acids is 4. The molecule has 0 unspecified atom stereocenters. The molecule has 0 aromatic heterocycles. The Morgan fingerprint density at radius 3 is 2.26 bits per heavy atom. The van der Waals surface area contributed by atoms with Crippen molar-refractivity contribution in [3.8, 4) is 0 Å². The second-order valence-electron chi connectivity index (χ2n) is 7.57. The number of esters is 1. The quantitative estimate of drug-likeness (QED) is 0.304. The first-order valence-electron chi connectivity index (χ1n) is 10.0. The molecule has 34 heavy (non-hydrogen) atoms. The molecule has 0 N–H and O–H groups in total. The first-order chi connectivity index (χ1) is 16.1. The van der Waals surface area contributed by atoms with Crippen molar-refractivity contribution in [1.29, 1.82) is 0 Å². The largest absolute Gasteiger partial charge is 0.454 e. The zero-order chi connectivity index (χ0) is 24.6. The summed E-state index contributed by atoms with van der Waals surface area (Å²) in [6.07, 6.45) is -4.62. The Labute approximate surface area is 191 Å². The third kappa shape index (κ3) is 4.19. The summed E-state index contributed by atoms with van der Waals surface area (Å²) in [5, 5.41) is 0. The lowest BCUT2D eigenvalue weighted by Crippen LogP contribution is -2.29. The number of alkyl halides is 3. The van der Waals surface area contributed by atoms with E-state index in [1.807, 2.05) is 0 Å². The lowest BCUT2D eigenvalue weighted by molar-refractivity contribution is -0.137. The van der Waals surface area contributed by atoms with Crippen LogP contribution in [-0.2, 0) is 10.9 Å². The number of hydrogen-bond donors (Lipinski definition) is 0. The van der Waals surface area contributed by atoms with Crippen LogP contribution in [0.25, 0.3) is 0 Å². The van der Waals surface area contributed by atoms with Crippen molar-refractivity contribution >= 4 is 29.3 Å². The summed E-state index contributed by atoms with van der Waals surface area (Å²) in [4.78, 5) is 51.4. The van der Waals surface area contributed by atoms with Crippen molar-refractivity contribution in [2.45, 2.75) is 13.1 Å². The molecule has 1 aliphatic heterocycles. The van der Waals surface area contributed by atoms with Crippen LogP contribution in [0.5, 0.6) is 0 Å². The lowest BCUT2D eigenvalue weighted by atomic mass is 10.1. The van der Waals surface area contributed by atoms with Gasteiger partial charge in [-0.05, 0) is 48.9 Å². The SMILES string of the molecule is Cc1ccccc1N1C(=O)c2ccc(C(=O)OCC(=O)c3cccc(C(F)(F)F)c3)cc2C1=O. The average Bonchev–Trinajstić information content (AvgIpc) is 3.06. The van der Waals surface area contributed by atoms with Crippen LogP contribution < -0.4 is 4.90 Å². The van der Waals surface area contributed by atoms with Crippen LogP contribution in [0.3, 0.4) is 0 Å². The molecule has 3 aromatic rings. The van der Waals surface area contributed by atoms with E-state index in [0.29, 0.717) is 17.3 Å². The maximum absolute atomic E-state index is 12.9. The molecule has 0 spiro atoms. The first-order valence-corrected chi connectivity index (χ1v) is 10.0. The highest BCUT2D eigenvalue weighted by Gasteiger charge is 2.38. The van der Waals surface area contributed by atoms with Crippen LogP contribution in [0.4, 0.5) is 18.9 Å². The number of rotatable bonds is 5. The van der Waals surface area contributed by atoms with Gasteiger partial charge in [-0.25, -0.2) is 9.69 Å². The third-order valence-electron chi connectivity index (χ3n) is 5.32. The number of benzene rings is 3. The second kappa shape index (κ2) is 8.58. The number of amides is 2. The molecule has 4 rings (SSSR count). The summed E-state index contributed by atoms with van der Waals surface area (Å²) in [5.41, 5.74) is -0.0784. The van der Waals surface area contributed by atoms with E-state index in [9.17, 15) is 32.3 Å². The summed E-state index contributed by atoms with van der Waals surface area (Å²) in [6, 6.07) is 14.4. The molecule has 0 atom stereocenters. The average molecular weight is 467 g/mol. The maximum Gasteiger partial charge on any atom is 0.416 e. The Hall–Kier alpha value is -4.27.